The van der Waals surface area contributed by atoms with E-state index in [9.17, 15) is 4.79 Å². The van der Waals surface area contributed by atoms with Gasteiger partial charge in [-0.2, -0.15) is 4.80 Å². The average Bonchev–Trinajstić information content (AvgIpc) is 3.32. The van der Waals surface area contributed by atoms with E-state index < -0.39 is 0 Å². The van der Waals surface area contributed by atoms with Crippen LogP contribution in [0.5, 0.6) is 0 Å². The van der Waals surface area contributed by atoms with Gasteiger partial charge in [-0.3, -0.25) is 4.79 Å². The molecular weight excluding hydrogens is 332 g/mol. The number of nitrogens with one attached hydrogen (secondary N) is 1. The van der Waals surface area contributed by atoms with Crippen LogP contribution in [0, 0.1) is 0 Å². The maximum Gasteiger partial charge on any atom is 0.246 e. The highest BCUT2D eigenvalue weighted by atomic mass is 16.2. The highest BCUT2D eigenvalue weighted by molar-refractivity contribution is 5.88. The van der Waals surface area contributed by atoms with Crippen molar-refractivity contribution >= 4 is 5.91 Å². The first kappa shape index (κ1) is 18.2. The smallest absolute Gasteiger partial charge is 0.246 e. The molecule has 1 saturated heterocycles. The lowest BCUT2D eigenvalue weighted by Gasteiger charge is -2.17. The van der Waals surface area contributed by atoms with Gasteiger partial charge in [0.05, 0.1) is 25.6 Å². The highest BCUT2D eigenvalue weighted by Crippen LogP contribution is 2.27. The van der Waals surface area contributed by atoms with Gasteiger partial charge in [-0.15, -0.1) is 10.2 Å². The van der Waals surface area contributed by atoms with Gasteiger partial charge in [-0.25, -0.2) is 4.98 Å². The number of hydrogen-bond acceptors (Lipinski definition) is 6. The Balaban J connectivity index is 1.73. The van der Waals surface area contributed by atoms with Gasteiger partial charge in [0.2, 0.25) is 5.91 Å². The molecule has 3 heterocycles. The Morgan fingerprint density at radius 1 is 1.38 bits per heavy atom. The van der Waals surface area contributed by atoms with E-state index in [1.807, 2.05) is 29.6 Å². The summed E-state index contributed by atoms with van der Waals surface area (Å²) in [4.78, 5) is 20.4. The minimum Gasteiger partial charge on any atom is -0.340 e. The standard InChI is InChI=1S/C17H26N8O/c1-5-12(2)6-17(26)25-8-13(14-9-23(3)11-19-14)15(10-25)18-7-16-20-22-24(4)21-16/h6,9,11,13,15,18H,5,7-8,10H2,1-4H3/t13-,15+/m0/s1. The van der Waals surface area contributed by atoms with Crippen LogP contribution in [0.15, 0.2) is 24.2 Å². The fourth-order valence-electron chi connectivity index (χ4n) is 3.14. The van der Waals surface area contributed by atoms with Crippen LogP contribution in [0.4, 0.5) is 0 Å². The first-order valence-electron chi connectivity index (χ1n) is 8.86. The SMILES string of the molecule is CCC(C)=CC(=O)N1C[C@@H](NCc2nnn(C)n2)[C@H](c2cn(C)cn2)C1. The lowest BCUT2D eigenvalue weighted by molar-refractivity contribution is -0.125. The molecule has 9 heteroatoms. The molecule has 0 bridgehead atoms. The van der Waals surface area contributed by atoms with E-state index in [4.69, 9.17) is 0 Å². The van der Waals surface area contributed by atoms with Gasteiger partial charge < -0.3 is 14.8 Å². The summed E-state index contributed by atoms with van der Waals surface area (Å²) in [5.74, 6) is 0.832. The molecule has 0 saturated carbocycles. The van der Waals surface area contributed by atoms with Gasteiger partial charge in [-0.05, 0) is 18.6 Å². The van der Waals surface area contributed by atoms with Crippen molar-refractivity contribution < 1.29 is 4.79 Å². The van der Waals surface area contributed by atoms with Gasteiger partial charge in [0, 0.05) is 44.4 Å². The molecule has 0 unspecified atom stereocenters. The molecule has 1 N–H and O–H groups in total. The largest absolute Gasteiger partial charge is 0.340 e. The third-order valence-electron chi connectivity index (χ3n) is 4.74. The van der Waals surface area contributed by atoms with Gasteiger partial charge in [0.1, 0.15) is 0 Å². The number of aromatic nitrogens is 6. The van der Waals surface area contributed by atoms with Crippen LogP contribution in [0.3, 0.4) is 0 Å². The minimum absolute atomic E-state index is 0.0622. The molecule has 0 aliphatic carbocycles. The molecule has 1 fully saturated rings. The van der Waals surface area contributed by atoms with Gasteiger partial charge in [0.15, 0.2) is 5.82 Å². The first-order chi connectivity index (χ1) is 12.5. The fraction of sp³-hybridized carbons (Fsp3) is 0.588. The average molecular weight is 358 g/mol. The molecule has 0 spiro atoms. The van der Waals surface area contributed by atoms with Gasteiger partial charge in [0.25, 0.3) is 0 Å². The van der Waals surface area contributed by atoms with E-state index >= 15 is 0 Å². The molecule has 2 aromatic rings. The Labute approximate surface area is 153 Å². The third kappa shape index (κ3) is 4.16. The number of tetrazole rings is 1. The van der Waals surface area contributed by atoms with Crippen LogP contribution in [0.1, 0.15) is 37.7 Å². The molecular formula is C17H26N8O. The van der Waals surface area contributed by atoms with E-state index in [2.05, 4.69) is 32.6 Å². The van der Waals surface area contributed by atoms with E-state index in [0.717, 1.165) is 17.7 Å². The van der Waals surface area contributed by atoms with Crippen LogP contribution in [-0.2, 0) is 25.4 Å². The number of carbonyl (C=O) groups is 1. The second kappa shape index (κ2) is 7.77. The molecule has 1 amide bonds. The van der Waals surface area contributed by atoms with Crippen molar-refractivity contribution in [1.29, 1.82) is 0 Å². The quantitative estimate of drug-likeness (QED) is 0.751. The number of imidazole rings is 1. The molecule has 1 aliphatic heterocycles. The van der Waals surface area contributed by atoms with Crippen LogP contribution in [0.2, 0.25) is 0 Å². The topological polar surface area (TPSA) is 93.8 Å². The molecule has 2 aromatic heterocycles. The van der Waals surface area contributed by atoms with E-state index in [0.29, 0.717) is 25.5 Å². The van der Waals surface area contributed by atoms with Gasteiger partial charge in [-0.1, -0.05) is 12.5 Å². The fourth-order valence-corrected chi connectivity index (χ4v) is 3.14. The summed E-state index contributed by atoms with van der Waals surface area (Å²) >= 11 is 0. The maximum atomic E-state index is 12.6. The normalized spacial score (nSPS) is 20.8. The Bertz CT molecular complexity index is 792. The summed E-state index contributed by atoms with van der Waals surface area (Å²) in [5, 5.41) is 15.5. The van der Waals surface area contributed by atoms with Crippen molar-refractivity contribution in [2.24, 2.45) is 14.1 Å². The Morgan fingerprint density at radius 3 is 2.81 bits per heavy atom. The predicted octanol–water partition coefficient (Wildman–Crippen LogP) is 0.384. The summed E-state index contributed by atoms with van der Waals surface area (Å²) in [6.45, 7) is 5.83. The van der Waals surface area contributed by atoms with Crippen molar-refractivity contribution in [1.82, 2.24) is 40.0 Å². The summed E-state index contributed by atoms with van der Waals surface area (Å²) in [5.41, 5.74) is 2.08. The van der Waals surface area contributed by atoms with E-state index in [-0.39, 0.29) is 17.9 Å². The summed E-state index contributed by atoms with van der Waals surface area (Å²) in [6, 6.07) is 0.0907. The van der Waals surface area contributed by atoms with Crippen LogP contribution >= 0.6 is 0 Å². The lowest BCUT2D eigenvalue weighted by atomic mass is 10.0. The number of amides is 1. The monoisotopic (exact) mass is 358 g/mol. The van der Waals surface area contributed by atoms with Crippen molar-refractivity contribution in [3.8, 4) is 0 Å². The Kier molecular flexibility index (Phi) is 5.46. The van der Waals surface area contributed by atoms with Gasteiger partial charge >= 0.3 is 0 Å². The van der Waals surface area contributed by atoms with Crippen LogP contribution < -0.4 is 5.32 Å². The minimum atomic E-state index is 0.0622. The third-order valence-corrected chi connectivity index (χ3v) is 4.74. The number of allylic oxidation sites excluding steroid dienone is 1. The molecule has 2 atom stereocenters. The number of hydrogen-bond donors (Lipinski definition) is 1. The van der Waals surface area contributed by atoms with E-state index in [1.54, 1.807) is 19.5 Å². The van der Waals surface area contributed by atoms with E-state index in [1.165, 1.54) is 4.80 Å². The molecule has 26 heavy (non-hydrogen) atoms. The molecule has 140 valence electrons. The zero-order valence-electron chi connectivity index (χ0n) is 15.8. The number of aryl methyl sites for hydroxylation is 2. The van der Waals surface area contributed by atoms with Crippen molar-refractivity contribution in [2.75, 3.05) is 13.1 Å². The second-order valence-corrected chi connectivity index (χ2v) is 6.84. The molecule has 0 radical (unpaired) electrons. The maximum absolute atomic E-state index is 12.6. The molecule has 1 aliphatic rings. The van der Waals surface area contributed by atoms with Crippen molar-refractivity contribution in [3.63, 3.8) is 0 Å². The van der Waals surface area contributed by atoms with Crippen LogP contribution in [0.25, 0.3) is 0 Å². The number of carbonyl (C=O) groups excluding carboxylic acids is 1. The summed E-state index contributed by atoms with van der Waals surface area (Å²) in [6.07, 6.45) is 6.43. The van der Waals surface area contributed by atoms with Crippen LogP contribution in [-0.4, -0.2) is 59.7 Å². The Morgan fingerprint density at radius 2 is 2.19 bits per heavy atom. The van der Waals surface area contributed by atoms with Crippen molar-refractivity contribution in [2.45, 2.75) is 38.8 Å². The second-order valence-electron chi connectivity index (χ2n) is 6.84. The number of nitrogens with zero attached hydrogens (tertiary/aromatic N) is 7. The molecule has 9 nitrogen and oxygen atoms in total. The lowest BCUT2D eigenvalue weighted by Crippen LogP contribution is -2.36. The molecule has 0 aromatic carbocycles. The highest BCUT2D eigenvalue weighted by Gasteiger charge is 2.36. The summed E-state index contributed by atoms with van der Waals surface area (Å²) < 4.78 is 1.93. The predicted molar refractivity (Wildman–Crippen MR) is 96.0 cm³/mol. The van der Waals surface area contributed by atoms with Crippen molar-refractivity contribution in [3.05, 3.63) is 35.7 Å². The number of likely N-dealkylation sites (tertiary alicyclic amines) is 1. The first-order valence-corrected chi connectivity index (χ1v) is 8.86. The zero-order valence-corrected chi connectivity index (χ0v) is 15.8. The summed E-state index contributed by atoms with van der Waals surface area (Å²) in [7, 11) is 3.69. The Hall–Kier alpha value is -2.55. The number of rotatable bonds is 6. The molecule has 3 rings (SSSR count). The zero-order chi connectivity index (χ0) is 18.7.